The molecule has 0 spiro atoms. The largest absolute Gasteiger partial charge is 0.462 e. The van der Waals surface area contributed by atoms with E-state index in [2.05, 4.69) is 25.0 Å². The first-order valence-electron chi connectivity index (χ1n) is 9.61. The molecule has 1 aromatic carbocycles. The molecule has 0 saturated heterocycles. The van der Waals surface area contributed by atoms with Crippen LogP contribution in [0.15, 0.2) is 59.9 Å². The quantitative estimate of drug-likeness (QED) is 0.388. The van der Waals surface area contributed by atoms with E-state index in [0.717, 1.165) is 5.56 Å². The standard InChI is InChI=1S/C21H19N5O4S2/c1-3-30-21(27)18-13(2)17-19(23-12-24-20(17)31-18)25-14-7-9-15(10-8-14)32(28,29)26-16-6-4-5-11-22-16/h4-12H,3H2,1-2H3,(H,22,26)(H,23,24,25). The highest BCUT2D eigenvalue weighted by molar-refractivity contribution is 7.92. The summed E-state index contributed by atoms with van der Waals surface area (Å²) in [4.78, 5) is 26.0. The van der Waals surface area contributed by atoms with Gasteiger partial charge >= 0.3 is 5.97 Å². The number of nitrogens with zero attached hydrogens (tertiary/aromatic N) is 3. The Labute approximate surface area is 188 Å². The van der Waals surface area contributed by atoms with Crippen LogP contribution in [0.1, 0.15) is 22.2 Å². The first-order valence-corrected chi connectivity index (χ1v) is 11.9. The molecule has 3 aromatic heterocycles. The molecule has 0 radical (unpaired) electrons. The second kappa shape index (κ2) is 8.89. The van der Waals surface area contributed by atoms with Crippen molar-refractivity contribution in [1.82, 2.24) is 15.0 Å². The van der Waals surface area contributed by atoms with Crippen LogP contribution < -0.4 is 10.0 Å². The van der Waals surface area contributed by atoms with E-state index in [1.165, 1.54) is 36.0 Å². The van der Waals surface area contributed by atoms with Gasteiger partial charge in [-0.3, -0.25) is 4.72 Å². The number of anilines is 3. The third-order valence-corrected chi connectivity index (χ3v) is 7.07. The van der Waals surface area contributed by atoms with Crippen LogP contribution in [0, 0.1) is 6.92 Å². The molecule has 0 amide bonds. The van der Waals surface area contributed by atoms with Crippen LogP contribution in [0.4, 0.5) is 17.3 Å². The molecule has 4 aromatic rings. The fraction of sp³-hybridized carbons (Fsp3) is 0.143. The zero-order valence-corrected chi connectivity index (χ0v) is 18.8. The van der Waals surface area contributed by atoms with Gasteiger partial charge in [0.05, 0.1) is 16.9 Å². The van der Waals surface area contributed by atoms with Crippen molar-refractivity contribution in [3.05, 3.63) is 65.4 Å². The van der Waals surface area contributed by atoms with Crippen LogP contribution in [0.3, 0.4) is 0 Å². The van der Waals surface area contributed by atoms with Crippen LogP contribution in [0.5, 0.6) is 0 Å². The van der Waals surface area contributed by atoms with Crippen molar-refractivity contribution in [1.29, 1.82) is 0 Å². The van der Waals surface area contributed by atoms with Crippen molar-refractivity contribution in [2.75, 3.05) is 16.6 Å². The number of thiophene rings is 1. The lowest BCUT2D eigenvalue weighted by Crippen LogP contribution is -2.13. The molecule has 0 aliphatic rings. The number of carbonyl (C=O) groups is 1. The van der Waals surface area contributed by atoms with Gasteiger partial charge in [0, 0.05) is 11.9 Å². The molecule has 9 nitrogen and oxygen atoms in total. The summed E-state index contributed by atoms with van der Waals surface area (Å²) < 4.78 is 32.7. The maximum Gasteiger partial charge on any atom is 0.348 e. The first kappa shape index (κ1) is 21.7. The molecular formula is C21H19N5O4S2. The maximum absolute atomic E-state index is 12.6. The lowest BCUT2D eigenvalue weighted by Gasteiger charge is -2.10. The smallest absolute Gasteiger partial charge is 0.348 e. The third-order valence-electron chi connectivity index (χ3n) is 4.52. The predicted octanol–water partition coefficient (Wildman–Crippen LogP) is 4.12. The fourth-order valence-electron chi connectivity index (χ4n) is 3.03. The minimum absolute atomic E-state index is 0.0952. The summed E-state index contributed by atoms with van der Waals surface area (Å²) in [5.74, 6) is 0.360. The van der Waals surface area contributed by atoms with Gasteiger partial charge in [-0.15, -0.1) is 11.3 Å². The van der Waals surface area contributed by atoms with Crippen LogP contribution in [0.25, 0.3) is 10.2 Å². The highest BCUT2D eigenvalue weighted by atomic mass is 32.2. The van der Waals surface area contributed by atoms with E-state index in [1.807, 2.05) is 6.92 Å². The molecular weight excluding hydrogens is 450 g/mol. The van der Waals surface area contributed by atoms with E-state index < -0.39 is 16.0 Å². The minimum atomic E-state index is -3.77. The van der Waals surface area contributed by atoms with Crippen molar-refractivity contribution in [2.24, 2.45) is 0 Å². The zero-order valence-electron chi connectivity index (χ0n) is 17.2. The predicted molar refractivity (Wildman–Crippen MR) is 123 cm³/mol. The number of ether oxygens (including phenoxy) is 1. The SMILES string of the molecule is CCOC(=O)c1sc2ncnc(Nc3ccc(S(=O)(=O)Nc4ccccn4)cc3)c2c1C. The van der Waals surface area contributed by atoms with Gasteiger partial charge in [0.1, 0.15) is 27.7 Å². The number of aromatic nitrogens is 3. The number of pyridine rings is 1. The van der Waals surface area contributed by atoms with E-state index in [-0.39, 0.29) is 17.3 Å². The third kappa shape index (κ3) is 4.39. The van der Waals surface area contributed by atoms with Crippen LogP contribution in [0.2, 0.25) is 0 Å². The van der Waals surface area contributed by atoms with E-state index in [0.29, 0.717) is 26.6 Å². The van der Waals surface area contributed by atoms with E-state index in [9.17, 15) is 13.2 Å². The number of fused-ring (bicyclic) bond motifs is 1. The van der Waals surface area contributed by atoms with Gasteiger partial charge in [0.2, 0.25) is 0 Å². The molecule has 0 atom stereocenters. The van der Waals surface area contributed by atoms with Crippen LogP contribution in [-0.2, 0) is 14.8 Å². The number of aryl methyl sites for hydroxylation is 1. The van der Waals surface area contributed by atoms with Crippen molar-refractivity contribution in [2.45, 2.75) is 18.7 Å². The van der Waals surface area contributed by atoms with Crippen LogP contribution in [-0.4, -0.2) is 35.9 Å². The number of hydrogen-bond acceptors (Lipinski definition) is 9. The summed E-state index contributed by atoms with van der Waals surface area (Å²) in [5.41, 5.74) is 1.36. The average molecular weight is 470 g/mol. The number of esters is 1. The average Bonchev–Trinajstić information content (AvgIpc) is 3.12. The second-order valence-corrected chi connectivity index (χ2v) is 9.33. The van der Waals surface area contributed by atoms with Gasteiger partial charge in [-0.05, 0) is 55.8 Å². The first-order chi connectivity index (χ1) is 15.4. The number of carbonyl (C=O) groups excluding carboxylic acids is 1. The molecule has 0 fully saturated rings. The van der Waals surface area contributed by atoms with Crippen molar-refractivity contribution < 1.29 is 17.9 Å². The zero-order chi connectivity index (χ0) is 22.7. The number of rotatable bonds is 7. The molecule has 164 valence electrons. The summed E-state index contributed by atoms with van der Waals surface area (Å²) in [7, 11) is -3.77. The molecule has 3 heterocycles. The fourth-order valence-corrected chi connectivity index (χ4v) is 5.08. The minimum Gasteiger partial charge on any atom is -0.462 e. The monoisotopic (exact) mass is 469 g/mol. The normalized spacial score (nSPS) is 11.3. The summed E-state index contributed by atoms with van der Waals surface area (Å²) in [6, 6.07) is 11.2. The molecule has 0 aliphatic heterocycles. The van der Waals surface area contributed by atoms with Gasteiger partial charge in [-0.25, -0.2) is 28.2 Å². The number of hydrogen-bond donors (Lipinski definition) is 2. The molecule has 0 unspecified atom stereocenters. The van der Waals surface area contributed by atoms with Crippen molar-refractivity contribution in [3.8, 4) is 0 Å². The number of benzene rings is 1. The highest BCUT2D eigenvalue weighted by Crippen LogP contribution is 2.35. The molecule has 2 N–H and O–H groups in total. The van der Waals surface area contributed by atoms with Gasteiger partial charge in [0.25, 0.3) is 10.0 Å². The Morgan fingerprint density at radius 3 is 2.56 bits per heavy atom. The molecule has 11 heteroatoms. The molecule has 32 heavy (non-hydrogen) atoms. The Hall–Kier alpha value is -3.57. The number of nitrogens with one attached hydrogen (secondary N) is 2. The van der Waals surface area contributed by atoms with Crippen LogP contribution >= 0.6 is 11.3 Å². The lowest BCUT2D eigenvalue weighted by molar-refractivity contribution is 0.0531. The Kier molecular flexibility index (Phi) is 6.01. The Morgan fingerprint density at radius 2 is 1.88 bits per heavy atom. The van der Waals surface area contributed by atoms with E-state index in [1.54, 1.807) is 37.3 Å². The summed E-state index contributed by atoms with van der Waals surface area (Å²) in [6.45, 7) is 3.86. The van der Waals surface area contributed by atoms with E-state index in [4.69, 9.17) is 4.74 Å². The summed E-state index contributed by atoms with van der Waals surface area (Å²) >= 11 is 1.24. The lowest BCUT2D eigenvalue weighted by atomic mass is 10.2. The summed E-state index contributed by atoms with van der Waals surface area (Å²) in [5, 5.41) is 3.89. The van der Waals surface area contributed by atoms with Gasteiger partial charge < -0.3 is 10.1 Å². The summed E-state index contributed by atoms with van der Waals surface area (Å²) in [6.07, 6.45) is 2.91. The van der Waals surface area contributed by atoms with Crippen molar-refractivity contribution >= 4 is 54.9 Å². The Balaban J connectivity index is 1.59. The van der Waals surface area contributed by atoms with Gasteiger partial charge in [0.15, 0.2) is 0 Å². The molecule has 0 bridgehead atoms. The van der Waals surface area contributed by atoms with Crippen molar-refractivity contribution in [3.63, 3.8) is 0 Å². The molecule has 0 aliphatic carbocycles. The van der Waals surface area contributed by atoms with E-state index >= 15 is 0 Å². The second-order valence-electron chi connectivity index (χ2n) is 6.65. The van der Waals surface area contributed by atoms with Gasteiger partial charge in [-0.2, -0.15) is 0 Å². The Bertz CT molecular complexity index is 1370. The van der Waals surface area contributed by atoms with Gasteiger partial charge in [-0.1, -0.05) is 6.07 Å². The maximum atomic E-state index is 12.6. The number of sulfonamides is 1. The highest BCUT2D eigenvalue weighted by Gasteiger charge is 2.20. The topological polar surface area (TPSA) is 123 Å². The Morgan fingerprint density at radius 1 is 1.09 bits per heavy atom. The molecule has 0 saturated carbocycles. The molecule has 4 rings (SSSR count).